The first-order valence-electron chi connectivity index (χ1n) is 4.15. The second-order valence-electron chi connectivity index (χ2n) is 3.00. The largest absolute Gasteiger partial charge is 0.481 e. The van der Waals surface area contributed by atoms with Crippen LogP contribution in [-0.4, -0.2) is 28.5 Å². The summed E-state index contributed by atoms with van der Waals surface area (Å²) in [6, 6.07) is 1.52. The minimum absolute atomic E-state index is 0.111. The van der Waals surface area contributed by atoms with Crippen molar-refractivity contribution in [2.45, 2.75) is 13.3 Å². The first-order valence-corrected chi connectivity index (χ1v) is 4.15. The van der Waals surface area contributed by atoms with Crippen LogP contribution in [0.25, 0.3) is 0 Å². The lowest BCUT2D eigenvalue weighted by molar-refractivity contribution is -0.116. The Balaban J connectivity index is 2.85. The van der Waals surface area contributed by atoms with Gasteiger partial charge in [-0.15, -0.1) is 0 Å². The monoisotopic (exact) mass is 196 g/mol. The molecule has 76 valence electrons. The molecule has 0 fully saturated rings. The van der Waals surface area contributed by atoms with Crippen LogP contribution in [0.3, 0.4) is 0 Å². The molecule has 0 unspecified atom stereocenters. The molecule has 0 atom stereocenters. The molecule has 0 saturated heterocycles. The Kier molecular flexibility index (Phi) is 3.01. The van der Waals surface area contributed by atoms with Crippen LogP contribution >= 0.6 is 0 Å². The number of aromatic nitrogens is 2. The smallest absolute Gasteiger partial charge is 0.211 e. The molecule has 1 heterocycles. The maximum Gasteiger partial charge on any atom is 0.211 e. The molecular formula is C9H12N2O3. The van der Waals surface area contributed by atoms with E-state index in [-0.39, 0.29) is 23.7 Å². The first kappa shape index (κ1) is 10.4. The molecule has 0 aliphatic rings. The van der Waals surface area contributed by atoms with Crippen molar-refractivity contribution in [3.63, 3.8) is 0 Å². The van der Waals surface area contributed by atoms with Crippen LogP contribution in [-0.2, 0) is 11.8 Å². The highest BCUT2D eigenvalue weighted by molar-refractivity contribution is 6.06. The molecule has 1 aromatic heterocycles. The van der Waals surface area contributed by atoms with Crippen molar-refractivity contribution in [3.05, 3.63) is 11.8 Å². The zero-order valence-corrected chi connectivity index (χ0v) is 8.40. The van der Waals surface area contributed by atoms with Crippen LogP contribution in [0.4, 0.5) is 0 Å². The third-order valence-electron chi connectivity index (χ3n) is 1.74. The molecule has 0 spiro atoms. The van der Waals surface area contributed by atoms with E-state index in [9.17, 15) is 9.59 Å². The molecule has 0 aromatic carbocycles. The van der Waals surface area contributed by atoms with E-state index in [2.05, 4.69) is 5.10 Å². The van der Waals surface area contributed by atoms with Crippen molar-refractivity contribution < 1.29 is 14.3 Å². The molecule has 14 heavy (non-hydrogen) atoms. The molecule has 0 amide bonds. The Morgan fingerprint density at radius 2 is 2.21 bits per heavy atom. The standard InChI is InChI=1S/C9H12N2O3/c1-6(12)4-8(13)7-5-9(14-3)11(2)10-7/h5H,4H2,1-3H3. The van der Waals surface area contributed by atoms with Crippen molar-refractivity contribution in [1.82, 2.24) is 9.78 Å². The Bertz CT molecular complexity index is 368. The number of aryl methyl sites for hydroxylation is 1. The lowest BCUT2D eigenvalue weighted by atomic mass is 10.2. The molecule has 0 aliphatic carbocycles. The van der Waals surface area contributed by atoms with Crippen LogP contribution in [0.5, 0.6) is 5.88 Å². The summed E-state index contributed by atoms with van der Waals surface area (Å²) in [5.41, 5.74) is 0.263. The normalized spacial score (nSPS) is 9.93. The zero-order valence-electron chi connectivity index (χ0n) is 8.40. The molecule has 1 aromatic rings. The molecule has 0 saturated carbocycles. The van der Waals surface area contributed by atoms with Crippen LogP contribution in [0.1, 0.15) is 23.8 Å². The van der Waals surface area contributed by atoms with Crippen molar-refractivity contribution >= 4 is 11.6 Å². The summed E-state index contributed by atoms with van der Waals surface area (Å²) in [4.78, 5) is 22.1. The van der Waals surface area contributed by atoms with E-state index in [1.54, 1.807) is 7.05 Å². The highest BCUT2D eigenvalue weighted by atomic mass is 16.5. The summed E-state index contributed by atoms with van der Waals surface area (Å²) in [6.45, 7) is 1.37. The first-order chi connectivity index (χ1) is 6.54. The summed E-state index contributed by atoms with van der Waals surface area (Å²) in [5, 5.41) is 3.92. The second-order valence-corrected chi connectivity index (χ2v) is 3.00. The van der Waals surface area contributed by atoms with Crippen molar-refractivity contribution in [1.29, 1.82) is 0 Å². The maximum atomic E-state index is 11.4. The van der Waals surface area contributed by atoms with Gasteiger partial charge >= 0.3 is 0 Å². The fourth-order valence-corrected chi connectivity index (χ4v) is 1.09. The predicted octanol–water partition coefficient (Wildman–Crippen LogP) is 0.590. The van der Waals surface area contributed by atoms with Gasteiger partial charge in [-0.05, 0) is 6.92 Å². The molecule has 5 heteroatoms. The maximum absolute atomic E-state index is 11.4. The van der Waals surface area contributed by atoms with Gasteiger partial charge in [0.25, 0.3) is 0 Å². The lowest BCUT2D eigenvalue weighted by Gasteiger charge is -1.95. The summed E-state index contributed by atoms with van der Waals surface area (Å²) < 4.78 is 6.40. The molecule has 0 N–H and O–H groups in total. The van der Waals surface area contributed by atoms with E-state index in [0.717, 1.165) is 0 Å². The van der Waals surface area contributed by atoms with Crippen molar-refractivity contribution in [3.8, 4) is 5.88 Å². The Morgan fingerprint density at radius 1 is 1.57 bits per heavy atom. The van der Waals surface area contributed by atoms with Gasteiger partial charge < -0.3 is 4.74 Å². The molecule has 5 nitrogen and oxygen atoms in total. The number of nitrogens with zero attached hydrogens (tertiary/aromatic N) is 2. The summed E-state index contributed by atoms with van der Waals surface area (Å²) in [6.07, 6.45) is -0.111. The Labute approximate surface area is 81.7 Å². The van der Waals surface area contributed by atoms with E-state index >= 15 is 0 Å². The van der Waals surface area contributed by atoms with Gasteiger partial charge in [-0.3, -0.25) is 9.59 Å². The molecule has 0 aliphatic heterocycles. The number of hydrogen-bond donors (Lipinski definition) is 0. The van der Waals surface area contributed by atoms with Crippen LogP contribution in [0.15, 0.2) is 6.07 Å². The van der Waals surface area contributed by atoms with Crippen molar-refractivity contribution in [2.75, 3.05) is 7.11 Å². The number of ketones is 2. The quantitative estimate of drug-likeness (QED) is 0.522. The van der Waals surface area contributed by atoms with E-state index in [0.29, 0.717) is 5.88 Å². The minimum Gasteiger partial charge on any atom is -0.481 e. The summed E-state index contributed by atoms with van der Waals surface area (Å²) >= 11 is 0. The molecule has 0 radical (unpaired) electrons. The minimum atomic E-state index is -0.281. The number of hydrogen-bond acceptors (Lipinski definition) is 4. The van der Waals surface area contributed by atoms with Gasteiger partial charge in [0.15, 0.2) is 5.78 Å². The number of ether oxygens (including phenoxy) is 1. The van der Waals surface area contributed by atoms with Gasteiger partial charge in [-0.2, -0.15) is 5.10 Å². The van der Waals surface area contributed by atoms with Crippen molar-refractivity contribution in [2.24, 2.45) is 7.05 Å². The topological polar surface area (TPSA) is 61.2 Å². The van der Waals surface area contributed by atoms with Crippen LogP contribution in [0, 0.1) is 0 Å². The second kappa shape index (κ2) is 4.04. The van der Waals surface area contributed by atoms with Gasteiger partial charge in [0.05, 0.1) is 13.5 Å². The number of Topliss-reactive ketones (excluding diaryl/α,β-unsaturated/α-hetero) is 2. The van der Waals surface area contributed by atoms with Gasteiger partial charge in [-0.1, -0.05) is 0 Å². The average molecular weight is 196 g/mol. The van der Waals surface area contributed by atoms with Gasteiger partial charge in [-0.25, -0.2) is 4.68 Å². The number of carbonyl (C=O) groups is 2. The lowest BCUT2D eigenvalue weighted by Crippen LogP contribution is -2.06. The fourth-order valence-electron chi connectivity index (χ4n) is 1.09. The Morgan fingerprint density at radius 3 is 2.64 bits per heavy atom. The van der Waals surface area contributed by atoms with E-state index in [1.165, 1.54) is 24.8 Å². The Hall–Kier alpha value is -1.65. The SMILES string of the molecule is COc1cc(C(=O)CC(C)=O)nn1C. The number of rotatable bonds is 4. The van der Waals surface area contributed by atoms with Crippen LogP contribution < -0.4 is 4.74 Å². The highest BCUT2D eigenvalue weighted by Gasteiger charge is 2.14. The number of carbonyl (C=O) groups excluding carboxylic acids is 2. The van der Waals surface area contributed by atoms with Gasteiger partial charge in [0, 0.05) is 13.1 Å². The molecule has 0 bridgehead atoms. The van der Waals surface area contributed by atoms with E-state index < -0.39 is 0 Å². The number of methoxy groups -OCH3 is 1. The molecular weight excluding hydrogens is 184 g/mol. The van der Waals surface area contributed by atoms with E-state index in [1.807, 2.05) is 0 Å². The highest BCUT2D eigenvalue weighted by Crippen LogP contribution is 2.12. The third kappa shape index (κ3) is 2.18. The molecule has 1 rings (SSSR count). The van der Waals surface area contributed by atoms with Gasteiger partial charge in [0.1, 0.15) is 11.5 Å². The van der Waals surface area contributed by atoms with Gasteiger partial charge in [0.2, 0.25) is 5.88 Å². The fraction of sp³-hybridized carbons (Fsp3) is 0.444. The van der Waals surface area contributed by atoms with E-state index in [4.69, 9.17) is 4.74 Å². The van der Waals surface area contributed by atoms with Crippen LogP contribution in [0.2, 0.25) is 0 Å². The summed E-state index contributed by atoms with van der Waals surface area (Å²) in [5.74, 6) is 0.0490. The average Bonchev–Trinajstić information content (AvgIpc) is 2.45. The summed E-state index contributed by atoms with van der Waals surface area (Å²) in [7, 11) is 3.17. The zero-order chi connectivity index (χ0) is 10.7. The third-order valence-corrected chi connectivity index (χ3v) is 1.74. The predicted molar refractivity (Wildman–Crippen MR) is 49.4 cm³/mol.